The Bertz CT molecular complexity index is 1030. The van der Waals surface area contributed by atoms with Gasteiger partial charge in [0.25, 0.3) is 0 Å². The third-order valence-corrected chi connectivity index (χ3v) is 6.40. The average Bonchev–Trinajstić information content (AvgIpc) is 3.40. The molecule has 2 fully saturated rings. The van der Waals surface area contributed by atoms with Crippen LogP contribution in [0.3, 0.4) is 0 Å². The van der Waals surface area contributed by atoms with E-state index in [1.807, 2.05) is 12.3 Å². The Morgan fingerprint density at radius 2 is 1.87 bits per heavy atom. The highest BCUT2D eigenvalue weighted by molar-refractivity contribution is 5.79. The molecule has 0 aromatic carbocycles. The van der Waals surface area contributed by atoms with Crippen LogP contribution < -0.4 is 10.2 Å². The van der Waals surface area contributed by atoms with Crippen LogP contribution in [0.25, 0.3) is 11.0 Å². The van der Waals surface area contributed by atoms with Crippen molar-refractivity contribution in [3.8, 4) is 0 Å². The Hall–Kier alpha value is -2.74. The van der Waals surface area contributed by atoms with Crippen LogP contribution in [0.2, 0.25) is 0 Å². The quantitative estimate of drug-likeness (QED) is 0.675. The van der Waals surface area contributed by atoms with E-state index < -0.39 is 0 Å². The number of rotatable bonds is 5. The first-order chi connectivity index (χ1) is 14.7. The fourth-order valence-corrected chi connectivity index (χ4v) is 4.80. The maximum absolute atomic E-state index is 5.47. The molecule has 8 nitrogen and oxygen atoms in total. The number of nitrogens with one attached hydrogen (secondary N) is 1. The number of hydrogen-bond donors (Lipinski definition) is 1. The van der Waals surface area contributed by atoms with Gasteiger partial charge >= 0.3 is 0 Å². The van der Waals surface area contributed by atoms with Crippen molar-refractivity contribution < 1.29 is 6.16 Å². The van der Waals surface area contributed by atoms with E-state index in [0.717, 1.165) is 60.4 Å². The summed E-state index contributed by atoms with van der Waals surface area (Å²) in [5.74, 6) is 3.36. The smallest absolute Gasteiger partial charge is 0.227 e. The maximum Gasteiger partial charge on any atom is 0.227 e. The number of piperidine rings is 1. The molecule has 1 aliphatic heterocycles. The van der Waals surface area contributed by atoms with E-state index in [9.17, 15) is 0 Å². The summed E-state index contributed by atoms with van der Waals surface area (Å²) in [6.45, 7) is 3.91. The van der Waals surface area contributed by atoms with Crippen molar-refractivity contribution in [2.24, 2.45) is 0 Å². The van der Waals surface area contributed by atoms with E-state index >= 15 is 0 Å². The van der Waals surface area contributed by atoms with Crippen LogP contribution >= 0.6 is 0 Å². The van der Waals surface area contributed by atoms with E-state index in [-0.39, 0.29) is 1.43 Å². The van der Waals surface area contributed by atoms with Crippen molar-refractivity contribution in [3.63, 3.8) is 0 Å². The largest absolute Gasteiger partial charge is 0.381 e. The number of pyridine rings is 1. The lowest BCUT2D eigenvalue weighted by molar-refractivity contribution is 0.0816. The Balaban J connectivity index is 0.00000231. The first-order valence-electron chi connectivity index (χ1n) is 10.9. The number of fused-ring (bicyclic) bond motifs is 1. The van der Waals surface area contributed by atoms with Gasteiger partial charge in [-0.25, -0.2) is 15.0 Å². The zero-order valence-corrected chi connectivity index (χ0v) is 17.7. The molecular formula is C22H31N7O. The highest BCUT2D eigenvalue weighted by Gasteiger charge is 2.22. The molecule has 4 heterocycles. The second-order valence-corrected chi connectivity index (χ2v) is 8.31. The van der Waals surface area contributed by atoms with Gasteiger partial charge in [0, 0.05) is 39.9 Å². The summed E-state index contributed by atoms with van der Waals surface area (Å²) in [4.78, 5) is 20.7. The fourth-order valence-electron chi connectivity index (χ4n) is 4.80. The minimum absolute atomic E-state index is 0. The van der Waals surface area contributed by atoms with E-state index in [2.05, 4.69) is 37.7 Å². The van der Waals surface area contributed by atoms with E-state index in [1.165, 1.54) is 25.7 Å². The van der Waals surface area contributed by atoms with Crippen LogP contribution in [0.4, 0.5) is 17.6 Å². The molecule has 2 aliphatic rings. The predicted molar refractivity (Wildman–Crippen MR) is 119 cm³/mol. The van der Waals surface area contributed by atoms with Crippen LogP contribution in [0, 0.1) is 6.92 Å². The molecule has 0 amide bonds. The molecule has 5 rings (SSSR count). The molecule has 0 bridgehead atoms. The molecular weight excluding hydrogens is 378 g/mol. The van der Waals surface area contributed by atoms with E-state index in [0.29, 0.717) is 12.1 Å². The number of hydrogen-bond acceptors (Lipinski definition) is 7. The number of nitrogens with zero attached hydrogens (tertiary/aromatic N) is 6. The Kier molecular flexibility index (Phi) is 5.25. The Morgan fingerprint density at radius 1 is 1.07 bits per heavy atom. The van der Waals surface area contributed by atoms with Crippen molar-refractivity contribution in [2.75, 3.05) is 30.4 Å². The molecule has 1 aliphatic carbocycles. The van der Waals surface area contributed by atoms with Gasteiger partial charge in [-0.05, 0) is 38.7 Å². The number of ether oxygens (including phenoxy) is 1. The standard InChI is InChI=1S/C22H29N7O.H2/c1-15-25-18-14-24-21(13-19(18)29(15)16-5-3-4-6-16)26-20-7-10-23-22(27-20)28-11-8-17(30-2)9-12-28;/h7,10,13-14,16-17H,3-6,8-9,11-12H2,1-2H3,(H,23,24,26,27);1H. The Morgan fingerprint density at radius 3 is 2.63 bits per heavy atom. The highest BCUT2D eigenvalue weighted by Crippen LogP contribution is 2.34. The molecule has 30 heavy (non-hydrogen) atoms. The summed E-state index contributed by atoms with van der Waals surface area (Å²) in [7, 11) is 1.78. The van der Waals surface area contributed by atoms with Crippen LogP contribution in [-0.4, -0.2) is 50.8 Å². The molecule has 0 radical (unpaired) electrons. The van der Waals surface area contributed by atoms with Crippen LogP contribution in [-0.2, 0) is 4.74 Å². The lowest BCUT2D eigenvalue weighted by Crippen LogP contribution is -2.37. The predicted octanol–water partition coefficient (Wildman–Crippen LogP) is 4.25. The first kappa shape index (κ1) is 19.2. The second kappa shape index (κ2) is 8.18. The zero-order valence-electron chi connectivity index (χ0n) is 17.7. The van der Waals surface area contributed by atoms with Crippen molar-refractivity contribution in [1.82, 2.24) is 24.5 Å². The van der Waals surface area contributed by atoms with Crippen molar-refractivity contribution >= 4 is 28.6 Å². The SMILES string of the molecule is COC1CCN(c2nccc(Nc3cc4c(cn3)nc(C)n4C3CCCC3)n2)CC1.[HH]. The van der Waals surface area contributed by atoms with Crippen LogP contribution in [0.15, 0.2) is 24.5 Å². The van der Waals surface area contributed by atoms with Gasteiger partial charge in [-0.2, -0.15) is 4.98 Å². The van der Waals surface area contributed by atoms with Gasteiger partial charge in [0.1, 0.15) is 23.0 Å². The van der Waals surface area contributed by atoms with E-state index in [1.54, 1.807) is 13.3 Å². The van der Waals surface area contributed by atoms with Gasteiger partial charge in [-0.3, -0.25) is 0 Å². The van der Waals surface area contributed by atoms with Crippen molar-refractivity contribution in [1.29, 1.82) is 0 Å². The van der Waals surface area contributed by atoms with Gasteiger partial charge in [-0.15, -0.1) is 0 Å². The summed E-state index contributed by atoms with van der Waals surface area (Å²) in [5, 5.41) is 3.37. The summed E-state index contributed by atoms with van der Waals surface area (Å²) < 4.78 is 7.86. The topological polar surface area (TPSA) is 81.0 Å². The van der Waals surface area contributed by atoms with E-state index in [4.69, 9.17) is 14.7 Å². The van der Waals surface area contributed by atoms with Crippen molar-refractivity contribution in [3.05, 3.63) is 30.4 Å². The fraction of sp³-hybridized carbons (Fsp3) is 0.545. The molecule has 1 saturated heterocycles. The molecule has 3 aromatic heterocycles. The molecule has 3 aromatic rings. The average molecular weight is 410 g/mol. The van der Waals surface area contributed by atoms with Crippen LogP contribution in [0.1, 0.15) is 51.8 Å². The molecule has 0 atom stereocenters. The normalized spacial score (nSPS) is 18.4. The highest BCUT2D eigenvalue weighted by atomic mass is 16.5. The maximum atomic E-state index is 5.47. The van der Waals surface area contributed by atoms with Gasteiger partial charge in [0.05, 0.1) is 17.8 Å². The number of methoxy groups -OCH3 is 1. The molecule has 8 heteroatoms. The number of aryl methyl sites for hydroxylation is 1. The summed E-state index contributed by atoms with van der Waals surface area (Å²) in [6.07, 6.45) is 11.1. The Labute approximate surface area is 178 Å². The molecule has 160 valence electrons. The van der Waals surface area contributed by atoms with Gasteiger partial charge in [0.2, 0.25) is 5.95 Å². The van der Waals surface area contributed by atoms with Crippen LogP contribution in [0.5, 0.6) is 0 Å². The summed E-state index contributed by atoms with van der Waals surface area (Å²) in [5.41, 5.74) is 2.10. The minimum Gasteiger partial charge on any atom is -0.381 e. The monoisotopic (exact) mass is 409 g/mol. The van der Waals surface area contributed by atoms with Gasteiger partial charge in [-0.1, -0.05) is 12.8 Å². The molecule has 0 unspecified atom stereocenters. The molecule has 1 saturated carbocycles. The third-order valence-electron chi connectivity index (χ3n) is 6.40. The lowest BCUT2D eigenvalue weighted by Gasteiger charge is -2.31. The zero-order chi connectivity index (χ0) is 20.5. The first-order valence-corrected chi connectivity index (χ1v) is 10.9. The minimum atomic E-state index is 0. The third kappa shape index (κ3) is 3.71. The molecule has 1 N–H and O–H groups in total. The van der Waals surface area contributed by atoms with Gasteiger partial charge in [0.15, 0.2) is 0 Å². The number of aromatic nitrogens is 5. The summed E-state index contributed by atoms with van der Waals surface area (Å²) in [6, 6.07) is 4.53. The van der Waals surface area contributed by atoms with Crippen molar-refractivity contribution in [2.45, 2.75) is 57.6 Å². The van der Waals surface area contributed by atoms with Gasteiger partial charge < -0.3 is 19.5 Å². The second-order valence-electron chi connectivity index (χ2n) is 8.31. The lowest BCUT2D eigenvalue weighted by atomic mass is 10.1. The summed E-state index contributed by atoms with van der Waals surface area (Å²) >= 11 is 0. The number of imidazole rings is 1. The number of anilines is 3. The molecule has 0 spiro atoms.